The molecule has 0 saturated carbocycles. The lowest BCUT2D eigenvalue weighted by atomic mass is 10.1. The Morgan fingerprint density at radius 1 is 1.14 bits per heavy atom. The number of benzene rings is 2. The van der Waals surface area contributed by atoms with Gasteiger partial charge in [-0.1, -0.05) is 23.4 Å². The van der Waals surface area contributed by atoms with E-state index in [0.717, 1.165) is 25.1 Å². The lowest BCUT2D eigenvalue weighted by Gasteiger charge is -2.15. The molecule has 0 aliphatic carbocycles. The van der Waals surface area contributed by atoms with E-state index in [4.69, 9.17) is 14.0 Å². The van der Waals surface area contributed by atoms with Gasteiger partial charge in [-0.25, -0.2) is 0 Å². The largest absolute Gasteiger partial charge is 0.454 e. The summed E-state index contributed by atoms with van der Waals surface area (Å²) in [5.41, 5.74) is 1.47. The molecule has 5 rings (SSSR count). The van der Waals surface area contributed by atoms with Gasteiger partial charge >= 0.3 is 0 Å². The van der Waals surface area contributed by atoms with Gasteiger partial charge in [-0.15, -0.1) is 0 Å². The molecule has 1 N–H and O–H groups in total. The highest BCUT2D eigenvalue weighted by Gasteiger charge is 2.26. The molecule has 29 heavy (non-hydrogen) atoms. The second-order valence-electron chi connectivity index (χ2n) is 7.14. The van der Waals surface area contributed by atoms with Crippen LogP contribution in [0, 0.1) is 0 Å². The second kappa shape index (κ2) is 7.56. The Labute approximate surface area is 167 Å². The summed E-state index contributed by atoms with van der Waals surface area (Å²) in [7, 11) is 0. The molecule has 2 aromatic carbocycles. The molecule has 1 saturated heterocycles. The van der Waals surface area contributed by atoms with E-state index in [0.29, 0.717) is 35.3 Å². The number of nitrogens with zero attached hydrogens (tertiary/aromatic N) is 3. The van der Waals surface area contributed by atoms with Gasteiger partial charge in [-0.2, -0.15) is 4.98 Å². The number of rotatable bonds is 5. The molecular formula is C21H20N4O4. The van der Waals surface area contributed by atoms with Crippen LogP contribution in [0.2, 0.25) is 0 Å². The quantitative estimate of drug-likeness (QED) is 0.713. The minimum absolute atomic E-state index is 0.0772. The van der Waals surface area contributed by atoms with Crippen LogP contribution >= 0.6 is 0 Å². The number of ether oxygens (including phenoxy) is 2. The zero-order valence-electron chi connectivity index (χ0n) is 15.7. The number of likely N-dealkylation sites (tertiary alicyclic amines) is 1. The first kappa shape index (κ1) is 17.7. The maximum Gasteiger partial charge on any atom is 0.257 e. The maximum absolute atomic E-state index is 12.6. The average Bonchev–Trinajstić information content (AvgIpc) is 3.49. The lowest BCUT2D eigenvalue weighted by Crippen LogP contribution is -2.37. The maximum atomic E-state index is 12.6. The summed E-state index contributed by atoms with van der Waals surface area (Å²) >= 11 is 0. The number of carbonyl (C=O) groups is 1. The van der Waals surface area contributed by atoms with Crippen molar-refractivity contribution in [1.82, 2.24) is 20.4 Å². The number of hydrogen-bond donors (Lipinski definition) is 1. The smallest absolute Gasteiger partial charge is 0.257 e. The van der Waals surface area contributed by atoms with E-state index >= 15 is 0 Å². The minimum Gasteiger partial charge on any atom is -0.454 e. The van der Waals surface area contributed by atoms with Crippen LogP contribution in [0.4, 0.5) is 0 Å². The molecule has 3 aromatic rings. The van der Waals surface area contributed by atoms with E-state index in [1.165, 1.54) is 0 Å². The third-order valence-electron chi connectivity index (χ3n) is 5.10. The first-order chi connectivity index (χ1) is 14.2. The summed E-state index contributed by atoms with van der Waals surface area (Å²) in [5, 5.41) is 7.17. The number of nitrogens with one attached hydrogen (secondary N) is 1. The minimum atomic E-state index is -0.110. The van der Waals surface area contributed by atoms with Crippen LogP contribution in [-0.2, 0) is 6.54 Å². The molecule has 0 bridgehead atoms. The molecule has 1 amide bonds. The third kappa shape index (κ3) is 3.79. The molecule has 2 aliphatic heterocycles. The van der Waals surface area contributed by atoms with Gasteiger partial charge in [0.25, 0.3) is 11.8 Å². The monoisotopic (exact) mass is 392 g/mol. The van der Waals surface area contributed by atoms with Crippen LogP contribution in [0.3, 0.4) is 0 Å². The molecule has 0 unspecified atom stereocenters. The Morgan fingerprint density at radius 2 is 2.00 bits per heavy atom. The zero-order chi connectivity index (χ0) is 19.6. The number of aromatic nitrogens is 2. The lowest BCUT2D eigenvalue weighted by molar-refractivity contribution is 0.0937. The van der Waals surface area contributed by atoms with Crippen LogP contribution in [-0.4, -0.2) is 46.9 Å². The van der Waals surface area contributed by atoms with Gasteiger partial charge in [0.15, 0.2) is 17.3 Å². The summed E-state index contributed by atoms with van der Waals surface area (Å²) in [6.45, 7) is 2.39. The molecule has 1 aromatic heterocycles. The molecular weight excluding hydrogens is 372 g/mol. The highest BCUT2D eigenvalue weighted by atomic mass is 16.7. The van der Waals surface area contributed by atoms with Crippen LogP contribution in [0.1, 0.15) is 22.6 Å². The van der Waals surface area contributed by atoms with E-state index in [1.54, 1.807) is 18.2 Å². The van der Waals surface area contributed by atoms with Gasteiger partial charge in [-0.3, -0.25) is 9.69 Å². The van der Waals surface area contributed by atoms with Gasteiger partial charge < -0.3 is 19.3 Å². The highest BCUT2D eigenvalue weighted by Crippen LogP contribution is 2.32. The normalized spacial score (nSPS) is 18.1. The van der Waals surface area contributed by atoms with Crippen molar-refractivity contribution in [3.8, 4) is 23.0 Å². The fourth-order valence-electron chi connectivity index (χ4n) is 3.62. The number of hydrogen-bond acceptors (Lipinski definition) is 7. The Kier molecular flexibility index (Phi) is 4.61. The average molecular weight is 392 g/mol. The van der Waals surface area contributed by atoms with E-state index in [9.17, 15) is 4.79 Å². The zero-order valence-corrected chi connectivity index (χ0v) is 15.7. The number of fused-ring (bicyclic) bond motifs is 1. The molecule has 1 atom stereocenters. The molecule has 8 nitrogen and oxygen atoms in total. The summed E-state index contributed by atoms with van der Waals surface area (Å²) in [4.78, 5) is 19.3. The van der Waals surface area contributed by atoms with Crippen molar-refractivity contribution in [2.45, 2.75) is 19.0 Å². The second-order valence-corrected chi connectivity index (χ2v) is 7.14. The van der Waals surface area contributed by atoms with Crippen LogP contribution in [0.15, 0.2) is 53.1 Å². The Bertz CT molecular complexity index is 1020. The number of carbonyl (C=O) groups excluding carboxylic acids is 1. The van der Waals surface area contributed by atoms with Crippen LogP contribution in [0.5, 0.6) is 11.5 Å². The first-order valence-electron chi connectivity index (χ1n) is 9.55. The van der Waals surface area contributed by atoms with E-state index in [2.05, 4.69) is 20.4 Å². The van der Waals surface area contributed by atoms with Crippen molar-refractivity contribution in [2.75, 3.05) is 19.9 Å². The van der Waals surface area contributed by atoms with Gasteiger partial charge in [0, 0.05) is 30.3 Å². The van der Waals surface area contributed by atoms with Crippen molar-refractivity contribution < 1.29 is 18.8 Å². The van der Waals surface area contributed by atoms with Crippen LogP contribution in [0.25, 0.3) is 11.5 Å². The fraction of sp³-hybridized carbons (Fsp3) is 0.286. The SMILES string of the molecule is O=C(N[C@H]1CCN(Cc2noc(-c3ccccc3)n2)C1)c1ccc2c(c1)OCO2. The standard InChI is InChI=1S/C21H20N4O4/c26-20(15-6-7-17-18(10-15)28-13-27-17)22-16-8-9-25(11-16)12-19-23-21(29-24-19)14-4-2-1-3-5-14/h1-7,10,16H,8-9,11-13H2,(H,22,26)/t16-/m0/s1. The summed E-state index contributed by atoms with van der Waals surface area (Å²) < 4.78 is 16.0. The van der Waals surface area contributed by atoms with Crippen molar-refractivity contribution in [1.29, 1.82) is 0 Å². The Hall–Kier alpha value is -3.39. The molecule has 2 aliphatic rings. The highest BCUT2D eigenvalue weighted by molar-refractivity contribution is 5.95. The molecule has 1 fully saturated rings. The summed E-state index contributed by atoms with van der Waals surface area (Å²) in [6, 6.07) is 15.0. The Morgan fingerprint density at radius 3 is 2.90 bits per heavy atom. The molecule has 0 spiro atoms. The fourth-order valence-corrected chi connectivity index (χ4v) is 3.62. The van der Waals surface area contributed by atoms with Crippen LogP contribution < -0.4 is 14.8 Å². The van der Waals surface area contributed by atoms with Crippen molar-refractivity contribution in [3.05, 3.63) is 59.9 Å². The third-order valence-corrected chi connectivity index (χ3v) is 5.10. The predicted molar refractivity (Wildman–Crippen MR) is 103 cm³/mol. The van der Waals surface area contributed by atoms with Crippen molar-refractivity contribution >= 4 is 5.91 Å². The first-order valence-corrected chi connectivity index (χ1v) is 9.55. The van der Waals surface area contributed by atoms with E-state index < -0.39 is 0 Å². The van der Waals surface area contributed by atoms with E-state index in [1.807, 2.05) is 30.3 Å². The van der Waals surface area contributed by atoms with Gasteiger partial charge in [0.05, 0.1) is 6.54 Å². The molecule has 0 radical (unpaired) electrons. The predicted octanol–water partition coefficient (Wildman–Crippen LogP) is 2.47. The van der Waals surface area contributed by atoms with Gasteiger partial charge in [0.1, 0.15) is 0 Å². The molecule has 3 heterocycles. The van der Waals surface area contributed by atoms with Gasteiger partial charge in [0.2, 0.25) is 6.79 Å². The van der Waals surface area contributed by atoms with E-state index in [-0.39, 0.29) is 18.7 Å². The summed E-state index contributed by atoms with van der Waals surface area (Å²) in [6.07, 6.45) is 0.875. The topological polar surface area (TPSA) is 89.7 Å². The molecule has 8 heteroatoms. The van der Waals surface area contributed by atoms with Crippen molar-refractivity contribution in [3.63, 3.8) is 0 Å². The van der Waals surface area contributed by atoms with Gasteiger partial charge in [-0.05, 0) is 36.8 Å². The molecule has 148 valence electrons. The van der Waals surface area contributed by atoms with Crippen molar-refractivity contribution in [2.24, 2.45) is 0 Å². The Balaban J connectivity index is 1.17. The summed E-state index contributed by atoms with van der Waals surface area (Å²) in [5.74, 6) is 2.33. The number of amides is 1.